The van der Waals surface area contributed by atoms with E-state index < -0.39 is 6.43 Å². The fourth-order valence-electron chi connectivity index (χ4n) is 0.475. The van der Waals surface area contributed by atoms with Gasteiger partial charge < -0.3 is 0 Å². The number of aliphatic imine (C=N–C) groups is 1. The van der Waals surface area contributed by atoms with E-state index in [9.17, 15) is 8.78 Å². The van der Waals surface area contributed by atoms with Crippen molar-refractivity contribution in [1.82, 2.24) is 0 Å². The summed E-state index contributed by atoms with van der Waals surface area (Å²) < 4.78 is 23.5. The van der Waals surface area contributed by atoms with Crippen LogP contribution in [0.25, 0.3) is 0 Å². The molecule has 0 unspecified atom stereocenters. The van der Waals surface area contributed by atoms with Gasteiger partial charge in [0, 0.05) is 7.05 Å². The van der Waals surface area contributed by atoms with E-state index in [2.05, 4.69) is 11.6 Å². The van der Waals surface area contributed by atoms with Gasteiger partial charge in [-0.1, -0.05) is 6.58 Å². The first-order valence-corrected chi connectivity index (χ1v) is 2.50. The van der Waals surface area contributed by atoms with Gasteiger partial charge in [0.15, 0.2) is 0 Å². The minimum Gasteiger partial charge on any atom is -0.287 e. The smallest absolute Gasteiger partial charge is 0.280 e. The van der Waals surface area contributed by atoms with Gasteiger partial charge in [-0.3, -0.25) is 4.99 Å². The Morgan fingerprint density at radius 2 is 2.00 bits per heavy atom. The van der Waals surface area contributed by atoms with Gasteiger partial charge in [0.2, 0.25) is 0 Å². The SMILES string of the molecule is C=C(C)C(=NC)C(F)F. The van der Waals surface area contributed by atoms with E-state index in [0.29, 0.717) is 5.57 Å². The van der Waals surface area contributed by atoms with Crippen molar-refractivity contribution in [3.8, 4) is 0 Å². The largest absolute Gasteiger partial charge is 0.287 e. The van der Waals surface area contributed by atoms with Crippen LogP contribution >= 0.6 is 0 Å². The maximum atomic E-state index is 11.8. The molecule has 0 saturated carbocycles. The molecule has 9 heavy (non-hydrogen) atoms. The molecule has 0 atom stereocenters. The first-order valence-electron chi connectivity index (χ1n) is 2.50. The zero-order chi connectivity index (χ0) is 7.44. The standard InChI is InChI=1S/C6H9F2N/c1-4(2)5(9-3)6(7)8/h6H,1H2,2-3H3. The van der Waals surface area contributed by atoms with E-state index in [1.807, 2.05) is 0 Å². The summed E-state index contributed by atoms with van der Waals surface area (Å²) in [4.78, 5) is 3.35. The van der Waals surface area contributed by atoms with Crippen LogP contribution < -0.4 is 0 Å². The van der Waals surface area contributed by atoms with Crippen molar-refractivity contribution < 1.29 is 8.78 Å². The zero-order valence-corrected chi connectivity index (χ0v) is 5.49. The van der Waals surface area contributed by atoms with Gasteiger partial charge in [0.1, 0.15) is 5.71 Å². The highest BCUT2D eigenvalue weighted by Crippen LogP contribution is 2.03. The number of nitrogens with zero attached hydrogens (tertiary/aromatic N) is 1. The summed E-state index contributed by atoms with van der Waals surface area (Å²) >= 11 is 0. The van der Waals surface area contributed by atoms with E-state index in [1.165, 1.54) is 14.0 Å². The molecule has 3 heteroatoms. The zero-order valence-electron chi connectivity index (χ0n) is 5.49. The Morgan fingerprint density at radius 3 is 2.00 bits per heavy atom. The summed E-state index contributed by atoms with van der Waals surface area (Å²) in [5.74, 6) is 0. The highest BCUT2D eigenvalue weighted by Gasteiger charge is 2.11. The Hall–Kier alpha value is -0.730. The fourth-order valence-corrected chi connectivity index (χ4v) is 0.475. The molecule has 0 aromatic heterocycles. The molecule has 0 aliphatic carbocycles. The Morgan fingerprint density at radius 1 is 1.56 bits per heavy atom. The molecular weight excluding hydrogens is 124 g/mol. The normalized spacial score (nSPS) is 12.3. The van der Waals surface area contributed by atoms with Gasteiger partial charge in [-0.2, -0.15) is 0 Å². The average molecular weight is 133 g/mol. The van der Waals surface area contributed by atoms with E-state index in [4.69, 9.17) is 0 Å². The molecule has 0 aliphatic heterocycles. The predicted octanol–water partition coefficient (Wildman–Crippen LogP) is 1.90. The lowest BCUT2D eigenvalue weighted by molar-refractivity contribution is 0.226. The number of alkyl halides is 2. The fraction of sp³-hybridized carbons (Fsp3) is 0.500. The second kappa shape index (κ2) is 3.33. The molecule has 0 N–H and O–H groups in total. The van der Waals surface area contributed by atoms with Crippen LogP contribution in [0.5, 0.6) is 0 Å². The molecule has 1 nitrogen and oxygen atoms in total. The molecule has 0 heterocycles. The molecule has 0 aromatic carbocycles. The van der Waals surface area contributed by atoms with E-state index >= 15 is 0 Å². The first-order chi connectivity index (χ1) is 4.09. The third kappa shape index (κ3) is 2.35. The predicted molar refractivity (Wildman–Crippen MR) is 34.2 cm³/mol. The molecule has 0 aliphatic rings. The molecule has 52 valence electrons. The van der Waals surface area contributed by atoms with Gasteiger partial charge >= 0.3 is 0 Å². The second-order valence-electron chi connectivity index (χ2n) is 1.69. The van der Waals surface area contributed by atoms with Crippen LogP contribution in [0, 0.1) is 0 Å². The molecule has 0 rings (SSSR count). The van der Waals surface area contributed by atoms with Gasteiger partial charge in [-0.25, -0.2) is 8.78 Å². The number of hydrogen-bond donors (Lipinski definition) is 0. The van der Waals surface area contributed by atoms with Crippen LogP contribution in [0.2, 0.25) is 0 Å². The Kier molecular flexibility index (Phi) is 3.06. The summed E-state index contributed by atoms with van der Waals surface area (Å²) in [6.07, 6.45) is -2.49. The lowest BCUT2D eigenvalue weighted by Crippen LogP contribution is -2.10. The van der Waals surface area contributed by atoms with Crippen LogP contribution in [-0.4, -0.2) is 19.2 Å². The van der Waals surface area contributed by atoms with Crippen molar-refractivity contribution in [2.24, 2.45) is 4.99 Å². The lowest BCUT2D eigenvalue weighted by atomic mass is 10.2. The van der Waals surface area contributed by atoms with Crippen molar-refractivity contribution in [2.75, 3.05) is 7.05 Å². The van der Waals surface area contributed by atoms with Crippen molar-refractivity contribution in [1.29, 1.82) is 0 Å². The Balaban J connectivity index is 4.19. The van der Waals surface area contributed by atoms with Crippen molar-refractivity contribution in [3.05, 3.63) is 12.2 Å². The quantitative estimate of drug-likeness (QED) is 0.510. The number of rotatable bonds is 2. The monoisotopic (exact) mass is 133 g/mol. The molecule has 0 bridgehead atoms. The molecule has 0 radical (unpaired) electrons. The van der Waals surface area contributed by atoms with Crippen molar-refractivity contribution in [2.45, 2.75) is 13.3 Å². The van der Waals surface area contributed by atoms with Crippen LogP contribution in [0.15, 0.2) is 17.1 Å². The Labute approximate surface area is 53.1 Å². The molecule has 0 saturated heterocycles. The van der Waals surface area contributed by atoms with Crippen LogP contribution in [0.3, 0.4) is 0 Å². The summed E-state index contributed by atoms with van der Waals surface area (Å²) in [5.41, 5.74) is 0.113. The number of allylic oxidation sites excluding steroid dienone is 1. The van der Waals surface area contributed by atoms with Crippen molar-refractivity contribution in [3.63, 3.8) is 0 Å². The Bertz CT molecular complexity index is 138. The van der Waals surface area contributed by atoms with Gasteiger partial charge in [-0.15, -0.1) is 0 Å². The van der Waals surface area contributed by atoms with Gasteiger partial charge in [0.25, 0.3) is 6.43 Å². The molecule has 0 aromatic rings. The van der Waals surface area contributed by atoms with Crippen LogP contribution in [0.4, 0.5) is 8.78 Å². The van der Waals surface area contributed by atoms with E-state index in [1.54, 1.807) is 0 Å². The number of halogens is 2. The summed E-state index contributed by atoms with van der Waals surface area (Å²) in [6.45, 7) is 4.85. The second-order valence-corrected chi connectivity index (χ2v) is 1.69. The summed E-state index contributed by atoms with van der Waals surface area (Å²) in [7, 11) is 1.33. The molecular formula is C6H9F2N. The van der Waals surface area contributed by atoms with Crippen molar-refractivity contribution >= 4 is 5.71 Å². The lowest BCUT2D eigenvalue weighted by Gasteiger charge is -2.00. The maximum Gasteiger partial charge on any atom is 0.280 e. The average Bonchev–Trinajstić information content (AvgIpc) is 1.64. The third-order valence-electron chi connectivity index (χ3n) is 0.885. The molecule has 0 fully saturated rings. The molecule has 0 amide bonds. The van der Waals surface area contributed by atoms with E-state index in [-0.39, 0.29) is 5.71 Å². The topological polar surface area (TPSA) is 12.4 Å². The number of hydrogen-bond acceptors (Lipinski definition) is 1. The van der Waals surface area contributed by atoms with Gasteiger partial charge in [0.05, 0.1) is 0 Å². The maximum absolute atomic E-state index is 11.8. The summed E-state index contributed by atoms with van der Waals surface area (Å²) in [6, 6.07) is 0. The highest BCUT2D eigenvalue weighted by molar-refractivity contribution is 6.01. The highest BCUT2D eigenvalue weighted by atomic mass is 19.3. The minimum absolute atomic E-state index is 0.213. The minimum atomic E-state index is -2.49. The first kappa shape index (κ1) is 8.27. The van der Waals surface area contributed by atoms with Crippen LogP contribution in [0.1, 0.15) is 6.92 Å². The van der Waals surface area contributed by atoms with Crippen LogP contribution in [-0.2, 0) is 0 Å². The summed E-state index contributed by atoms with van der Waals surface area (Å²) in [5, 5.41) is 0. The third-order valence-corrected chi connectivity index (χ3v) is 0.885. The van der Waals surface area contributed by atoms with E-state index in [0.717, 1.165) is 0 Å². The molecule has 0 spiro atoms. The van der Waals surface area contributed by atoms with Gasteiger partial charge in [-0.05, 0) is 12.5 Å².